The molecule has 1 aromatic rings. The zero-order valence-corrected chi connectivity index (χ0v) is 12.8. The maximum Gasteiger partial charge on any atom is 0.166 e. The van der Waals surface area contributed by atoms with E-state index < -0.39 is 0 Å². The molecule has 0 aromatic heterocycles. The quantitative estimate of drug-likeness (QED) is 0.827. The van der Waals surface area contributed by atoms with Crippen molar-refractivity contribution < 1.29 is 4.39 Å². The number of nitrogens with one attached hydrogen (secondary N) is 2. The molecule has 2 rings (SSSR count). The Morgan fingerprint density at radius 3 is 2.45 bits per heavy atom. The summed E-state index contributed by atoms with van der Waals surface area (Å²) in [4.78, 5) is 0. The maximum absolute atomic E-state index is 12.8. The van der Waals surface area contributed by atoms with Crippen molar-refractivity contribution in [2.75, 3.05) is 0 Å². The molecule has 1 fully saturated rings. The first-order valence-corrected chi connectivity index (χ1v) is 7.87. The van der Waals surface area contributed by atoms with Crippen LogP contribution in [0.4, 0.5) is 4.39 Å². The van der Waals surface area contributed by atoms with E-state index in [0.717, 1.165) is 11.5 Å². The van der Waals surface area contributed by atoms with Crippen molar-refractivity contribution in [3.8, 4) is 0 Å². The van der Waals surface area contributed by atoms with Crippen LogP contribution in [0.2, 0.25) is 0 Å². The summed E-state index contributed by atoms with van der Waals surface area (Å²) < 4.78 is 12.8. The summed E-state index contributed by atoms with van der Waals surface area (Å²) in [6.07, 6.45) is 6.30. The lowest BCUT2D eigenvalue weighted by Gasteiger charge is -2.29. The van der Waals surface area contributed by atoms with E-state index in [1.807, 2.05) is 0 Å². The third-order valence-electron chi connectivity index (χ3n) is 4.13. The molecule has 0 spiro atoms. The zero-order valence-electron chi connectivity index (χ0n) is 12.0. The molecule has 1 aliphatic carbocycles. The first-order valence-electron chi connectivity index (χ1n) is 7.46. The molecule has 4 heteroatoms. The molecule has 0 unspecified atom stereocenters. The fourth-order valence-corrected chi connectivity index (χ4v) is 2.97. The first kappa shape index (κ1) is 15.2. The Hall–Kier alpha value is -1.16. The highest BCUT2D eigenvalue weighted by Gasteiger charge is 2.20. The molecular weight excluding hydrogens is 271 g/mol. The lowest BCUT2D eigenvalue weighted by Crippen LogP contribution is -2.43. The Kier molecular flexibility index (Phi) is 5.77. The van der Waals surface area contributed by atoms with Crippen LogP contribution in [0, 0.1) is 11.7 Å². The Balaban J connectivity index is 1.69. The molecule has 1 saturated carbocycles. The van der Waals surface area contributed by atoms with Crippen LogP contribution < -0.4 is 10.6 Å². The van der Waals surface area contributed by atoms with E-state index in [4.69, 9.17) is 12.2 Å². The predicted molar refractivity (Wildman–Crippen MR) is 85.0 cm³/mol. The van der Waals surface area contributed by atoms with Crippen molar-refractivity contribution in [2.45, 2.75) is 51.6 Å². The molecule has 20 heavy (non-hydrogen) atoms. The van der Waals surface area contributed by atoms with Gasteiger partial charge in [0.05, 0.1) is 0 Å². The molecule has 0 radical (unpaired) electrons. The van der Waals surface area contributed by atoms with Gasteiger partial charge in [0.15, 0.2) is 5.11 Å². The number of halogens is 1. The highest BCUT2D eigenvalue weighted by atomic mass is 32.1. The van der Waals surface area contributed by atoms with E-state index in [0.29, 0.717) is 17.7 Å². The minimum atomic E-state index is -0.206. The molecule has 1 aliphatic rings. The molecule has 110 valence electrons. The van der Waals surface area contributed by atoms with Crippen LogP contribution in [-0.4, -0.2) is 11.2 Å². The molecule has 0 heterocycles. The number of rotatable bonds is 4. The van der Waals surface area contributed by atoms with E-state index in [1.165, 1.54) is 44.2 Å². The third kappa shape index (κ3) is 4.75. The molecule has 2 nitrogen and oxygen atoms in total. The van der Waals surface area contributed by atoms with Gasteiger partial charge in [0.1, 0.15) is 5.82 Å². The average Bonchev–Trinajstić information content (AvgIpc) is 2.47. The third-order valence-corrected chi connectivity index (χ3v) is 4.39. The molecule has 0 atom stereocenters. The molecule has 0 bridgehead atoms. The van der Waals surface area contributed by atoms with Gasteiger partial charge >= 0.3 is 0 Å². The highest BCUT2D eigenvalue weighted by Crippen LogP contribution is 2.26. The predicted octanol–water partition coefficient (Wildman–Crippen LogP) is 3.76. The van der Waals surface area contributed by atoms with E-state index in [2.05, 4.69) is 17.6 Å². The summed E-state index contributed by atoms with van der Waals surface area (Å²) in [5.74, 6) is 0.691. The summed E-state index contributed by atoms with van der Waals surface area (Å²) in [5, 5.41) is 7.28. The molecule has 1 aromatic carbocycles. The molecule has 0 saturated heterocycles. The number of benzene rings is 1. The van der Waals surface area contributed by atoms with Crippen molar-refractivity contribution >= 4 is 17.3 Å². The lowest BCUT2D eigenvalue weighted by molar-refractivity contribution is 0.305. The van der Waals surface area contributed by atoms with Crippen LogP contribution in [0.5, 0.6) is 0 Å². The van der Waals surface area contributed by atoms with Crippen LogP contribution in [0.15, 0.2) is 24.3 Å². The lowest BCUT2D eigenvalue weighted by atomic mass is 9.85. The Bertz CT molecular complexity index is 425. The fourth-order valence-electron chi connectivity index (χ4n) is 2.74. The van der Waals surface area contributed by atoms with Crippen molar-refractivity contribution in [3.05, 3.63) is 35.6 Å². The Morgan fingerprint density at radius 2 is 1.85 bits per heavy atom. The van der Waals surface area contributed by atoms with Crippen molar-refractivity contribution in [1.29, 1.82) is 0 Å². The summed E-state index contributed by atoms with van der Waals surface area (Å²) in [7, 11) is 0. The standard InChI is InChI=1S/C16H23FN2S/c1-2-12-5-9-15(10-6-12)19-16(20)18-11-13-3-7-14(17)8-4-13/h3-4,7-8,12,15H,2,5-6,9-11H2,1H3,(H2,18,19,20). The summed E-state index contributed by atoms with van der Waals surface area (Å²) in [5.41, 5.74) is 1.03. The minimum Gasteiger partial charge on any atom is -0.360 e. The number of hydrogen-bond acceptors (Lipinski definition) is 1. The second-order valence-corrected chi connectivity index (χ2v) is 5.99. The van der Waals surface area contributed by atoms with Gasteiger partial charge in [-0.2, -0.15) is 0 Å². The second kappa shape index (κ2) is 7.58. The molecule has 0 aliphatic heterocycles. The van der Waals surface area contributed by atoms with Gasteiger partial charge in [-0.1, -0.05) is 25.5 Å². The van der Waals surface area contributed by atoms with E-state index in [-0.39, 0.29) is 5.82 Å². The second-order valence-electron chi connectivity index (χ2n) is 5.58. The van der Waals surface area contributed by atoms with Crippen LogP contribution in [0.1, 0.15) is 44.6 Å². The van der Waals surface area contributed by atoms with E-state index in [9.17, 15) is 4.39 Å². The first-order chi connectivity index (χ1) is 9.67. The fraction of sp³-hybridized carbons (Fsp3) is 0.562. The normalized spacial score (nSPS) is 22.3. The Labute approximate surface area is 126 Å². The SMILES string of the molecule is CCC1CCC(NC(=S)NCc2ccc(F)cc2)CC1. The maximum atomic E-state index is 12.8. The summed E-state index contributed by atoms with van der Waals surface area (Å²) in [6.45, 7) is 2.91. The molecule has 2 N–H and O–H groups in total. The number of hydrogen-bond donors (Lipinski definition) is 2. The van der Waals surface area contributed by atoms with Crippen molar-refractivity contribution in [1.82, 2.24) is 10.6 Å². The summed E-state index contributed by atoms with van der Waals surface area (Å²) in [6, 6.07) is 7.00. The van der Waals surface area contributed by atoms with Gasteiger partial charge in [0.2, 0.25) is 0 Å². The minimum absolute atomic E-state index is 0.206. The van der Waals surface area contributed by atoms with Crippen molar-refractivity contribution in [3.63, 3.8) is 0 Å². The van der Waals surface area contributed by atoms with Gasteiger partial charge in [0.25, 0.3) is 0 Å². The largest absolute Gasteiger partial charge is 0.360 e. The van der Waals surface area contributed by atoms with E-state index >= 15 is 0 Å². The van der Waals surface area contributed by atoms with Crippen LogP contribution >= 0.6 is 12.2 Å². The van der Waals surface area contributed by atoms with Gasteiger partial charge in [-0.15, -0.1) is 0 Å². The smallest absolute Gasteiger partial charge is 0.166 e. The molecule has 0 amide bonds. The monoisotopic (exact) mass is 294 g/mol. The zero-order chi connectivity index (χ0) is 14.4. The number of thiocarbonyl (C=S) groups is 1. The molecular formula is C16H23FN2S. The summed E-state index contributed by atoms with van der Waals surface area (Å²) >= 11 is 5.32. The average molecular weight is 294 g/mol. The highest BCUT2D eigenvalue weighted by molar-refractivity contribution is 7.80. The van der Waals surface area contributed by atoms with Crippen LogP contribution in [0.25, 0.3) is 0 Å². The van der Waals surface area contributed by atoms with Gasteiger partial charge < -0.3 is 10.6 Å². The van der Waals surface area contributed by atoms with Gasteiger partial charge in [-0.25, -0.2) is 4.39 Å². The van der Waals surface area contributed by atoms with Crippen LogP contribution in [-0.2, 0) is 6.54 Å². The van der Waals surface area contributed by atoms with Gasteiger partial charge in [0, 0.05) is 12.6 Å². The Morgan fingerprint density at radius 1 is 1.20 bits per heavy atom. The van der Waals surface area contributed by atoms with Gasteiger partial charge in [-0.3, -0.25) is 0 Å². The van der Waals surface area contributed by atoms with Crippen molar-refractivity contribution in [2.24, 2.45) is 5.92 Å². The van der Waals surface area contributed by atoms with Gasteiger partial charge in [-0.05, 0) is 61.5 Å². The van der Waals surface area contributed by atoms with Crippen LogP contribution in [0.3, 0.4) is 0 Å². The topological polar surface area (TPSA) is 24.1 Å². The van der Waals surface area contributed by atoms with E-state index in [1.54, 1.807) is 12.1 Å².